The molecule has 0 bridgehead atoms. The van der Waals surface area contributed by atoms with Gasteiger partial charge in [0.2, 0.25) is 0 Å². The van der Waals surface area contributed by atoms with Gasteiger partial charge in [0.15, 0.2) is 0 Å². The molecule has 0 saturated carbocycles. The molecule has 0 spiro atoms. The monoisotopic (exact) mass is 312 g/mol. The van der Waals surface area contributed by atoms with Crippen molar-refractivity contribution in [2.24, 2.45) is 5.92 Å². The van der Waals surface area contributed by atoms with Gasteiger partial charge in [-0.3, -0.25) is 9.69 Å². The molecule has 22 heavy (non-hydrogen) atoms. The van der Waals surface area contributed by atoms with Crippen molar-refractivity contribution < 1.29 is 14.3 Å². The van der Waals surface area contributed by atoms with Gasteiger partial charge in [-0.25, -0.2) is 0 Å². The Kier molecular flexibility index (Phi) is 6.24. The van der Waals surface area contributed by atoms with Crippen LogP contribution >= 0.6 is 0 Å². The standard InChI is InChI=1S/C17H32N2O3/c1-14(16(20)22-17(2,3)4)19-9-7-18(8-10-19)13-15-5-11-21-12-6-15/h14-15H,5-13H2,1-4H3/t14-/m1/s1. The van der Waals surface area contributed by atoms with E-state index in [2.05, 4.69) is 9.80 Å². The molecule has 0 unspecified atom stereocenters. The SMILES string of the molecule is C[C@H](C(=O)OC(C)(C)C)N1CCN(CC2CCOCC2)CC1. The molecule has 2 aliphatic heterocycles. The summed E-state index contributed by atoms with van der Waals surface area (Å²) in [5, 5.41) is 0. The van der Waals surface area contributed by atoms with Crippen molar-refractivity contribution in [3.63, 3.8) is 0 Å². The quantitative estimate of drug-likeness (QED) is 0.740. The van der Waals surface area contributed by atoms with Crippen LogP contribution < -0.4 is 0 Å². The third-order valence-corrected chi connectivity index (χ3v) is 4.56. The first-order valence-electron chi connectivity index (χ1n) is 8.62. The summed E-state index contributed by atoms with van der Waals surface area (Å²) in [5.74, 6) is 0.675. The van der Waals surface area contributed by atoms with Crippen LogP contribution in [-0.4, -0.2) is 73.3 Å². The number of nitrogens with zero attached hydrogens (tertiary/aromatic N) is 2. The van der Waals surface area contributed by atoms with Crippen LogP contribution in [0.25, 0.3) is 0 Å². The van der Waals surface area contributed by atoms with Gasteiger partial charge in [0.05, 0.1) is 0 Å². The van der Waals surface area contributed by atoms with E-state index in [0.29, 0.717) is 0 Å². The molecule has 0 N–H and O–H groups in total. The molecule has 0 aromatic heterocycles. The molecule has 2 aliphatic rings. The molecule has 128 valence electrons. The molecule has 0 aliphatic carbocycles. The summed E-state index contributed by atoms with van der Waals surface area (Å²) in [5.41, 5.74) is -0.407. The number of esters is 1. The molecule has 0 radical (unpaired) electrons. The number of hydrogen-bond donors (Lipinski definition) is 0. The summed E-state index contributed by atoms with van der Waals surface area (Å²) < 4.78 is 10.9. The van der Waals surface area contributed by atoms with Crippen molar-refractivity contribution in [3.8, 4) is 0 Å². The van der Waals surface area contributed by atoms with Gasteiger partial charge >= 0.3 is 5.97 Å². The lowest BCUT2D eigenvalue weighted by Crippen LogP contribution is -2.53. The molecule has 0 aromatic carbocycles. The summed E-state index contributed by atoms with van der Waals surface area (Å²) in [4.78, 5) is 16.9. The van der Waals surface area contributed by atoms with Crippen LogP contribution in [0, 0.1) is 5.92 Å². The van der Waals surface area contributed by atoms with Crippen molar-refractivity contribution in [1.29, 1.82) is 0 Å². The minimum atomic E-state index is -0.407. The van der Waals surface area contributed by atoms with E-state index in [1.165, 1.54) is 19.4 Å². The Bertz CT molecular complexity index is 353. The highest BCUT2D eigenvalue weighted by molar-refractivity contribution is 5.75. The molecule has 0 aromatic rings. The highest BCUT2D eigenvalue weighted by Gasteiger charge is 2.29. The van der Waals surface area contributed by atoms with Crippen LogP contribution in [0.4, 0.5) is 0 Å². The number of hydrogen-bond acceptors (Lipinski definition) is 5. The second-order valence-electron chi connectivity index (χ2n) is 7.60. The molecule has 5 nitrogen and oxygen atoms in total. The van der Waals surface area contributed by atoms with Gasteiger partial charge in [-0.1, -0.05) is 0 Å². The third-order valence-electron chi connectivity index (χ3n) is 4.56. The number of ether oxygens (including phenoxy) is 2. The average molecular weight is 312 g/mol. The van der Waals surface area contributed by atoms with Crippen LogP contribution in [0.2, 0.25) is 0 Å². The van der Waals surface area contributed by atoms with E-state index in [-0.39, 0.29) is 12.0 Å². The number of piperazine rings is 1. The summed E-state index contributed by atoms with van der Waals surface area (Å²) in [7, 11) is 0. The molecular formula is C17H32N2O3. The molecular weight excluding hydrogens is 280 g/mol. The molecule has 2 saturated heterocycles. The van der Waals surface area contributed by atoms with E-state index in [1.807, 2.05) is 27.7 Å². The van der Waals surface area contributed by atoms with Crippen molar-refractivity contribution >= 4 is 5.97 Å². The van der Waals surface area contributed by atoms with Gasteiger partial charge in [-0.15, -0.1) is 0 Å². The Morgan fingerprint density at radius 2 is 1.77 bits per heavy atom. The van der Waals surface area contributed by atoms with E-state index in [9.17, 15) is 4.79 Å². The summed E-state index contributed by atoms with van der Waals surface area (Å²) >= 11 is 0. The van der Waals surface area contributed by atoms with Crippen LogP contribution in [0.5, 0.6) is 0 Å². The minimum Gasteiger partial charge on any atom is -0.459 e. The van der Waals surface area contributed by atoms with Crippen molar-refractivity contribution in [2.45, 2.75) is 52.2 Å². The molecule has 5 heteroatoms. The van der Waals surface area contributed by atoms with Gasteiger partial charge in [0.25, 0.3) is 0 Å². The third kappa shape index (κ3) is 5.52. The first kappa shape index (κ1) is 17.7. The van der Waals surface area contributed by atoms with Gasteiger partial charge in [-0.2, -0.15) is 0 Å². The fourth-order valence-corrected chi connectivity index (χ4v) is 3.16. The van der Waals surface area contributed by atoms with E-state index in [0.717, 1.165) is 45.3 Å². The number of rotatable bonds is 4. The first-order chi connectivity index (χ1) is 10.3. The van der Waals surface area contributed by atoms with Crippen molar-refractivity contribution in [3.05, 3.63) is 0 Å². The predicted octanol–water partition coefficient (Wildman–Crippen LogP) is 1.76. The smallest absolute Gasteiger partial charge is 0.323 e. The van der Waals surface area contributed by atoms with Crippen LogP contribution in [-0.2, 0) is 14.3 Å². The topological polar surface area (TPSA) is 42.0 Å². The van der Waals surface area contributed by atoms with Crippen LogP contribution in [0.1, 0.15) is 40.5 Å². The van der Waals surface area contributed by atoms with E-state index >= 15 is 0 Å². The zero-order chi connectivity index (χ0) is 16.2. The van der Waals surface area contributed by atoms with Gasteiger partial charge in [0.1, 0.15) is 11.6 Å². The molecule has 2 rings (SSSR count). The van der Waals surface area contributed by atoms with Gasteiger partial charge < -0.3 is 14.4 Å². The number of carbonyl (C=O) groups excluding carboxylic acids is 1. The summed E-state index contributed by atoms with van der Waals surface area (Å²) in [6.45, 7) is 14.7. The fraction of sp³-hybridized carbons (Fsp3) is 0.941. The second kappa shape index (κ2) is 7.75. The molecule has 2 heterocycles. The minimum absolute atomic E-state index is 0.106. The number of carbonyl (C=O) groups is 1. The highest BCUT2D eigenvalue weighted by atomic mass is 16.6. The lowest BCUT2D eigenvalue weighted by Gasteiger charge is -2.39. The Morgan fingerprint density at radius 1 is 1.18 bits per heavy atom. The average Bonchev–Trinajstić information content (AvgIpc) is 2.46. The van der Waals surface area contributed by atoms with E-state index in [1.54, 1.807) is 0 Å². The predicted molar refractivity (Wildman–Crippen MR) is 86.9 cm³/mol. The van der Waals surface area contributed by atoms with Gasteiger partial charge in [0, 0.05) is 45.9 Å². The summed E-state index contributed by atoms with van der Waals surface area (Å²) in [6.07, 6.45) is 2.38. The zero-order valence-corrected chi connectivity index (χ0v) is 14.6. The zero-order valence-electron chi connectivity index (χ0n) is 14.6. The largest absolute Gasteiger partial charge is 0.459 e. The lowest BCUT2D eigenvalue weighted by molar-refractivity contribution is -0.161. The Balaban J connectivity index is 1.72. The fourth-order valence-electron chi connectivity index (χ4n) is 3.16. The highest BCUT2D eigenvalue weighted by Crippen LogP contribution is 2.18. The second-order valence-corrected chi connectivity index (χ2v) is 7.60. The molecule has 1 atom stereocenters. The maximum Gasteiger partial charge on any atom is 0.323 e. The Labute approximate surface area is 134 Å². The molecule has 0 amide bonds. The van der Waals surface area contributed by atoms with Crippen LogP contribution in [0.3, 0.4) is 0 Å². The van der Waals surface area contributed by atoms with Crippen LogP contribution in [0.15, 0.2) is 0 Å². The molecule has 2 fully saturated rings. The van der Waals surface area contributed by atoms with Gasteiger partial charge in [-0.05, 0) is 46.5 Å². The summed E-state index contributed by atoms with van der Waals surface area (Å²) in [6, 6.07) is -0.149. The first-order valence-corrected chi connectivity index (χ1v) is 8.62. The van der Waals surface area contributed by atoms with E-state index < -0.39 is 5.60 Å². The van der Waals surface area contributed by atoms with Crippen molar-refractivity contribution in [1.82, 2.24) is 9.80 Å². The Morgan fingerprint density at radius 3 is 2.32 bits per heavy atom. The maximum absolute atomic E-state index is 12.2. The maximum atomic E-state index is 12.2. The van der Waals surface area contributed by atoms with E-state index in [4.69, 9.17) is 9.47 Å². The Hall–Kier alpha value is -0.650. The van der Waals surface area contributed by atoms with Crippen molar-refractivity contribution in [2.75, 3.05) is 45.9 Å². The normalized spacial score (nSPS) is 24.2. The lowest BCUT2D eigenvalue weighted by atomic mass is 9.99.